The van der Waals surface area contributed by atoms with Gasteiger partial charge >= 0.3 is 0 Å². The Hall–Kier alpha value is -2.67. The van der Waals surface area contributed by atoms with Crippen molar-refractivity contribution < 1.29 is 14.3 Å². The molecule has 1 aliphatic heterocycles. The predicted octanol–water partition coefficient (Wildman–Crippen LogP) is 4.23. The number of anilines is 1. The number of nitrogens with one attached hydrogen (secondary N) is 1. The van der Waals surface area contributed by atoms with Gasteiger partial charge in [-0.2, -0.15) is 0 Å². The van der Waals surface area contributed by atoms with Crippen molar-refractivity contribution in [2.24, 2.45) is 11.8 Å². The molecule has 0 aromatic carbocycles. The fourth-order valence-electron chi connectivity index (χ4n) is 3.37. The van der Waals surface area contributed by atoms with Crippen LogP contribution in [0.4, 0.5) is 5.82 Å². The molecule has 4 rings (SSSR count). The number of amides is 2. The number of nitrogens with zero attached hydrogens (tertiary/aromatic N) is 3. The van der Waals surface area contributed by atoms with Gasteiger partial charge in [0.1, 0.15) is 10.8 Å². The van der Waals surface area contributed by atoms with Crippen LogP contribution in [0.2, 0.25) is 5.02 Å². The maximum Gasteiger partial charge on any atom is 0.255 e. The number of fused-ring (bicyclic) bond motifs is 1. The lowest BCUT2D eigenvalue weighted by Gasteiger charge is -2.25. The minimum atomic E-state index is -0.249. The summed E-state index contributed by atoms with van der Waals surface area (Å²) in [6, 6.07) is 3.24. The van der Waals surface area contributed by atoms with Crippen molar-refractivity contribution in [3.05, 3.63) is 46.2 Å². The number of hydrogen-bond acceptors (Lipinski definition) is 5. The second-order valence-electron chi connectivity index (χ2n) is 8.25. The predicted molar refractivity (Wildman–Crippen MR) is 113 cm³/mol. The van der Waals surface area contributed by atoms with Crippen molar-refractivity contribution in [3.8, 4) is 5.88 Å². The summed E-state index contributed by atoms with van der Waals surface area (Å²) >= 11 is 6.37. The highest BCUT2D eigenvalue weighted by molar-refractivity contribution is 6.31. The van der Waals surface area contributed by atoms with E-state index in [9.17, 15) is 9.59 Å². The van der Waals surface area contributed by atoms with Crippen molar-refractivity contribution in [1.29, 1.82) is 0 Å². The number of rotatable bonds is 7. The van der Waals surface area contributed by atoms with E-state index in [0.29, 0.717) is 41.4 Å². The lowest BCUT2D eigenvalue weighted by molar-refractivity contribution is -0.118. The second-order valence-corrected chi connectivity index (χ2v) is 8.66. The zero-order valence-electron chi connectivity index (χ0n) is 17.3. The third-order valence-electron chi connectivity index (χ3n) is 5.57. The average molecular weight is 429 g/mol. The van der Waals surface area contributed by atoms with Crippen LogP contribution < -0.4 is 10.1 Å². The highest BCUT2D eigenvalue weighted by atomic mass is 35.5. The summed E-state index contributed by atoms with van der Waals surface area (Å²) in [5.41, 5.74) is 2.10. The summed E-state index contributed by atoms with van der Waals surface area (Å²) < 4.78 is 5.69. The van der Waals surface area contributed by atoms with Gasteiger partial charge in [0.15, 0.2) is 0 Å². The van der Waals surface area contributed by atoms with Crippen LogP contribution in [-0.4, -0.2) is 33.3 Å². The molecule has 2 amide bonds. The van der Waals surface area contributed by atoms with Gasteiger partial charge in [-0.05, 0) is 43.4 Å². The fraction of sp³-hybridized carbons (Fsp3) is 0.455. The smallest absolute Gasteiger partial charge is 0.255 e. The van der Waals surface area contributed by atoms with Crippen LogP contribution in [0.15, 0.2) is 24.5 Å². The number of ether oxygens (including phenoxy) is 1. The minimum absolute atomic E-state index is 0.106. The van der Waals surface area contributed by atoms with Gasteiger partial charge in [-0.1, -0.05) is 25.4 Å². The lowest BCUT2D eigenvalue weighted by atomic mass is 10.1. The molecule has 3 heterocycles. The van der Waals surface area contributed by atoms with Crippen LogP contribution in [0.3, 0.4) is 0 Å². The van der Waals surface area contributed by atoms with Crippen molar-refractivity contribution in [2.45, 2.75) is 46.2 Å². The maximum atomic E-state index is 13.0. The molecular weight excluding hydrogens is 404 g/mol. The summed E-state index contributed by atoms with van der Waals surface area (Å²) in [4.78, 5) is 35.5. The molecule has 1 fully saturated rings. The second kappa shape index (κ2) is 8.22. The molecule has 1 N–H and O–H groups in total. The standard InChI is InChI=1S/C22H25ClN4O3/c1-12(2)20(28)26-19-17-10-27(22(29)16(17)6-7-24-19)13(3)15-8-18(23)21(25-9-15)30-11-14-4-5-14/h6-9,12-14H,4-5,10-11H2,1-3H3,(H,24,26,28). The topological polar surface area (TPSA) is 84.4 Å². The molecule has 30 heavy (non-hydrogen) atoms. The first-order valence-electron chi connectivity index (χ1n) is 10.2. The Labute approximate surface area is 180 Å². The molecule has 0 spiro atoms. The van der Waals surface area contributed by atoms with Gasteiger partial charge in [0, 0.05) is 29.4 Å². The number of hydrogen-bond donors (Lipinski definition) is 1. The molecule has 1 unspecified atom stereocenters. The van der Waals surface area contributed by atoms with E-state index in [1.807, 2.05) is 20.8 Å². The Kier molecular flexibility index (Phi) is 5.64. The van der Waals surface area contributed by atoms with E-state index >= 15 is 0 Å². The highest BCUT2D eigenvalue weighted by Gasteiger charge is 2.34. The van der Waals surface area contributed by atoms with E-state index in [0.717, 1.165) is 11.1 Å². The van der Waals surface area contributed by atoms with E-state index in [1.165, 1.54) is 12.8 Å². The molecule has 2 aromatic heterocycles. The first-order valence-corrected chi connectivity index (χ1v) is 10.6. The van der Waals surface area contributed by atoms with Crippen LogP contribution in [0, 0.1) is 11.8 Å². The Morgan fingerprint density at radius 2 is 2.10 bits per heavy atom. The van der Waals surface area contributed by atoms with Gasteiger partial charge in [0.2, 0.25) is 11.8 Å². The van der Waals surface area contributed by atoms with E-state index in [-0.39, 0.29) is 23.8 Å². The van der Waals surface area contributed by atoms with E-state index in [1.54, 1.807) is 29.4 Å². The van der Waals surface area contributed by atoms with Crippen molar-refractivity contribution in [2.75, 3.05) is 11.9 Å². The van der Waals surface area contributed by atoms with Crippen molar-refractivity contribution >= 4 is 29.2 Å². The summed E-state index contributed by atoms with van der Waals surface area (Å²) in [6.07, 6.45) is 5.64. The first-order chi connectivity index (χ1) is 14.3. The van der Waals surface area contributed by atoms with Crippen molar-refractivity contribution in [1.82, 2.24) is 14.9 Å². The van der Waals surface area contributed by atoms with Crippen LogP contribution >= 0.6 is 11.6 Å². The first kappa shape index (κ1) is 20.6. The van der Waals surface area contributed by atoms with E-state index < -0.39 is 0 Å². The van der Waals surface area contributed by atoms with Crippen molar-refractivity contribution in [3.63, 3.8) is 0 Å². The Balaban J connectivity index is 1.52. The van der Waals surface area contributed by atoms with Gasteiger partial charge in [-0.15, -0.1) is 0 Å². The van der Waals surface area contributed by atoms with Gasteiger partial charge in [0.05, 0.1) is 19.2 Å². The molecule has 158 valence electrons. The molecule has 1 atom stereocenters. The third-order valence-corrected chi connectivity index (χ3v) is 5.84. The largest absolute Gasteiger partial charge is 0.476 e. The highest BCUT2D eigenvalue weighted by Crippen LogP contribution is 2.36. The molecule has 1 saturated carbocycles. The van der Waals surface area contributed by atoms with E-state index in [4.69, 9.17) is 16.3 Å². The number of carbonyl (C=O) groups is 2. The Bertz CT molecular complexity index is 990. The molecular formula is C22H25ClN4O3. The molecule has 2 aromatic rings. The molecule has 2 aliphatic rings. The van der Waals surface area contributed by atoms with Gasteiger partial charge in [-0.25, -0.2) is 9.97 Å². The minimum Gasteiger partial charge on any atom is -0.476 e. The van der Waals surface area contributed by atoms with Gasteiger partial charge < -0.3 is 15.0 Å². The number of halogens is 1. The summed E-state index contributed by atoms with van der Waals surface area (Å²) in [5.74, 6) is 1.07. The van der Waals surface area contributed by atoms with Crippen LogP contribution in [0.25, 0.3) is 0 Å². The van der Waals surface area contributed by atoms with Crippen LogP contribution in [0.1, 0.15) is 61.1 Å². The van der Waals surface area contributed by atoms with Gasteiger partial charge in [-0.3, -0.25) is 9.59 Å². The van der Waals surface area contributed by atoms with Gasteiger partial charge in [0.25, 0.3) is 5.91 Å². The third kappa shape index (κ3) is 4.12. The summed E-state index contributed by atoms with van der Waals surface area (Å²) in [6.45, 7) is 6.55. The van der Waals surface area contributed by atoms with Crippen LogP contribution in [-0.2, 0) is 11.3 Å². The molecule has 0 bridgehead atoms. The Morgan fingerprint density at radius 3 is 2.77 bits per heavy atom. The summed E-state index contributed by atoms with van der Waals surface area (Å²) in [5, 5.41) is 3.27. The Morgan fingerprint density at radius 1 is 1.33 bits per heavy atom. The monoisotopic (exact) mass is 428 g/mol. The zero-order chi connectivity index (χ0) is 21.4. The normalized spacial score (nSPS) is 16.6. The number of carbonyl (C=O) groups excluding carboxylic acids is 2. The maximum absolute atomic E-state index is 13.0. The quantitative estimate of drug-likeness (QED) is 0.713. The average Bonchev–Trinajstić information content (AvgIpc) is 3.49. The molecule has 1 aliphatic carbocycles. The summed E-state index contributed by atoms with van der Waals surface area (Å²) in [7, 11) is 0. The lowest BCUT2D eigenvalue weighted by Crippen LogP contribution is -2.27. The molecule has 8 heteroatoms. The molecule has 0 saturated heterocycles. The molecule has 7 nitrogen and oxygen atoms in total. The number of pyridine rings is 2. The number of aromatic nitrogens is 2. The zero-order valence-corrected chi connectivity index (χ0v) is 18.1. The van der Waals surface area contributed by atoms with Crippen LogP contribution in [0.5, 0.6) is 5.88 Å². The molecule has 0 radical (unpaired) electrons. The van der Waals surface area contributed by atoms with E-state index in [2.05, 4.69) is 15.3 Å². The SMILES string of the molecule is CC(C)C(=O)Nc1nccc2c1CN(C(C)c1cnc(OCC3CC3)c(Cl)c1)C2=O. The fourth-order valence-corrected chi connectivity index (χ4v) is 3.60.